The normalized spacial score (nSPS) is 12.5. The molecule has 2 rings (SSSR count). The molecule has 0 spiro atoms. The van der Waals surface area contributed by atoms with Gasteiger partial charge in [-0.25, -0.2) is 4.39 Å². The van der Waals surface area contributed by atoms with Gasteiger partial charge in [0.05, 0.1) is 6.04 Å². The van der Waals surface area contributed by atoms with E-state index in [1.165, 1.54) is 6.07 Å². The van der Waals surface area contributed by atoms with Crippen molar-refractivity contribution in [3.8, 4) is 0 Å². The zero-order chi connectivity index (χ0) is 15.6. The first-order valence-corrected chi connectivity index (χ1v) is 8.47. The quantitative estimate of drug-likeness (QED) is 0.679. The van der Waals surface area contributed by atoms with Crippen LogP contribution in [-0.2, 0) is 0 Å². The summed E-state index contributed by atoms with van der Waals surface area (Å²) in [6.07, 6.45) is 0. The molecule has 21 heavy (non-hydrogen) atoms. The Hall–Kier alpha value is -0.710. The summed E-state index contributed by atoms with van der Waals surface area (Å²) in [5, 5.41) is 3.45. The molecular formula is C17H18Br2FN. The summed E-state index contributed by atoms with van der Waals surface area (Å²) in [6, 6.07) is 9.07. The van der Waals surface area contributed by atoms with Crippen LogP contribution in [0.15, 0.2) is 39.3 Å². The highest BCUT2D eigenvalue weighted by Crippen LogP contribution is 2.34. The van der Waals surface area contributed by atoms with Gasteiger partial charge in [-0.1, -0.05) is 44.8 Å². The van der Waals surface area contributed by atoms with Gasteiger partial charge in [0.25, 0.3) is 0 Å². The molecule has 0 bridgehead atoms. The van der Waals surface area contributed by atoms with Crippen LogP contribution in [-0.4, -0.2) is 6.54 Å². The topological polar surface area (TPSA) is 12.0 Å². The highest BCUT2D eigenvalue weighted by Gasteiger charge is 2.19. The van der Waals surface area contributed by atoms with Gasteiger partial charge in [0.1, 0.15) is 5.82 Å². The number of benzene rings is 2. The summed E-state index contributed by atoms with van der Waals surface area (Å²) in [5.74, 6) is -0.208. The summed E-state index contributed by atoms with van der Waals surface area (Å²) in [7, 11) is 0. The predicted octanol–water partition coefficient (Wildman–Crippen LogP) is 5.67. The van der Waals surface area contributed by atoms with Gasteiger partial charge in [0.15, 0.2) is 0 Å². The molecule has 2 aromatic rings. The van der Waals surface area contributed by atoms with Crippen LogP contribution in [0.2, 0.25) is 0 Å². The maximum absolute atomic E-state index is 13.7. The van der Waals surface area contributed by atoms with Gasteiger partial charge in [0.2, 0.25) is 0 Å². The fourth-order valence-electron chi connectivity index (χ4n) is 2.40. The second kappa shape index (κ2) is 7.03. The van der Waals surface area contributed by atoms with Gasteiger partial charge in [-0.2, -0.15) is 0 Å². The van der Waals surface area contributed by atoms with E-state index < -0.39 is 0 Å². The van der Waals surface area contributed by atoms with Crippen LogP contribution >= 0.6 is 31.9 Å². The monoisotopic (exact) mass is 413 g/mol. The Labute approximate surface area is 142 Å². The third-order valence-corrected chi connectivity index (χ3v) is 5.09. The van der Waals surface area contributed by atoms with Crippen LogP contribution in [0.1, 0.15) is 35.2 Å². The fourth-order valence-corrected chi connectivity index (χ4v) is 3.44. The van der Waals surface area contributed by atoms with Crippen LogP contribution in [0.3, 0.4) is 0 Å². The summed E-state index contributed by atoms with van der Waals surface area (Å²) in [4.78, 5) is 0. The number of hydrogen-bond donors (Lipinski definition) is 1. The van der Waals surface area contributed by atoms with E-state index in [-0.39, 0.29) is 11.9 Å². The van der Waals surface area contributed by atoms with Crippen LogP contribution in [0.5, 0.6) is 0 Å². The van der Waals surface area contributed by atoms with E-state index in [1.807, 2.05) is 19.9 Å². The standard InChI is InChI=1S/C17H18Br2FN/c1-4-21-17(13-8-12(20)6-5-10(13)2)14-9-15(18)11(3)7-16(14)19/h5-9,17,21H,4H2,1-3H3. The molecule has 0 saturated carbocycles. The van der Waals surface area contributed by atoms with Crippen molar-refractivity contribution in [2.24, 2.45) is 0 Å². The van der Waals surface area contributed by atoms with Gasteiger partial charge in [-0.3, -0.25) is 0 Å². The van der Waals surface area contributed by atoms with Crippen molar-refractivity contribution in [3.05, 3.63) is 67.3 Å². The van der Waals surface area contributed by atoms with Crippen LogP contribution < -0.4 is 5.32 Å². The zero-order valence-corrected chi connectivity index (χ0v) is 15.5. The highest BCUT2D eigenvalue weighted by atomic mass is 79.9. The third-order valence-electron chi connectivity index (χ3n) is 3.55. The molecule has 0 amide bonds. The molecule has 4 heteroatoms. The molecule has 0 saturated heterocycles. The van der Waals surface area contributed by atoms with E-state index in [2.05, 4.69) is 56.2 Å². The molecule has 0 radical (unpaired) electrons. The SMILES string of the molecule is CCNC(c1cc(F)ccc1C)c1cc(Br)c(C)cc1Br. The molecule has 0 fully saturated rings. The summed E-state index contributed by atoms with van der Waals surface area (Å²) >= 11 is 7.22. The summed E-state index contributed by atoms with van der Waals surface area (Å²) in [6.45, 7) is 6.92. The number of nitrogens with one attached hydrogen (secondary N) is 1. The lowest BCUT2D eigenvalue weighted by Gasteiger charge is -2.23. The molecule has 1 unspecified atom stereocenters. The van der Waals surface area contributed by atoms with Crippen molar-refractivity contribution >= 4 is 31.9 Å². The second-order valence-corrected chi connectivity index (χ2v) is 6.82. The number of hydrogen-bond acceptors (Lipinski definition) is 1. The Bertz CT molecular complexity index is 655. The minimum Gasteiger partial charge on any atom is -0.306 e. The molecular weight excluding hydrogens is 397 g/mol. The van der Waals surface area contributed by atoms with Crippen molar-refractivity contribution < 1.29 is 4.39 Å². The maximum Gasteiger partial charge on any atom is 0.123 e. The van der Waals surface area contributed by atoms with Crippen molar-refractivity contribution in [1.82, 2.24) is 5.32 Å². The molecule has 1 nitrogen and oxygen atoms in total. The van der Waals surface area contributed by atoms with E-state index in [9.17, 15) is 4.39 Å². The van der Waals surface area contributed by atoms with Gasteiger partial charge in [-0.05, 0) is 66.9 Å². The Morgan fingerprint density at radius 3 is 2.38 bits per heavy atom. The first kappa shape index (κ1) is 16.7. The lowest BCUT2D eigenvalue weighted by Crippen LogP contribution is -2.23. The van der Waals surface area contributed by atoms with E-state index in [0.717, 1.165) is 37.7 Å². The minimum atomic E-state index is -0.208. The molecule has 0 aromatic heterocycles. The van der Waals surface area contributed by atoms with Crippen molar-refractivity contribution in [1.29, 1.82) is 0 Å². The lowest BCUT2D eigenvalue weighted by atomic mass is 9.94. The van der Waals surface area contributed by atoms with E-state index in [4.69, 9.17) is 0 Å². The number of halogens is 3. The van der Waals surface area contributed by atoms with E-state index >= 15 is 0 Å². The van der Waals surface area contributed by atoms with Gasteiger partial charge >= 0.3 is 0 Å². The van der Waals surface area contributed by atoms with E-state index in [0.29, 0.717) is 0 Å². The minimum absolute atomic E-state index is 0.0445. The Kier molecular flexibility index (Phi) is 5.58. The van der Waals surface area contributed by atoms with Crippen LogP contribution in [0.4, 0.5) is 4.39 Å². The highest BCUT2D eigenvalue weighted by molar-refractivity contribution is 9.11. The van der Waals surface area contributed by atoms with Crippen molar-refractivity contribution in [3.63, 3.8) is 0 Å². The smallest absolute Gasteiger partial charge is 0.123 e. The molecule has 0 heterocycles. The van der Waals surface area contributed by atoms with Crippen LogP contribution in [0, 0.1) is 19.7 Å². The van der Waals surface area contributed by atoms with Crippen molar-refractivity contribution in [2.75, 3.05) is 6.54 Å². The summed E-state index contributed by atoms with van der Waals surface area (Å²) in [5.41, 5.74) is 4.30. The third kappa shape index (κ3) is 3.74. The molecule has 0 aliphatic rings. The van der Waals surface area contributed by atoms with Gasteiger partial charge < -0.3 is 5.32 Å². The maximum atomic E-state index is 13.7. The molecule has 112 valence electrons. The van der Waals surface area contributed by atoms with Gasteiger partial charge in [0, 0.05) is 8.95 Å². The molecule has 1 N–H and O–H groups in total. The van der Waals surface area contributed by atoms with Crippen LogP contribution in [0.25, 0.3) is 0 Å². The predicted molar refractivity (Wildman–Crippen MR) is 93.2 cm³/mol. The molecule has 0 aliphatic heterocycles. The number of aryl methyl sites for hydroxylation is 2. The zero-order valence-electron chi connectivity index (χ0n) is 12.3. The van der Waals surface area contributed by atoms with E-state index in [1.54, 1.807) is 6.07 Å². The average Bonchev–Trinajstić information content (AvgIpc) is 2.43. The molecule has 2 aromatic carbocycles. The van der Waals surface area contributed by atoms with Gasteiger partial charge in [-0.15, -0.1) is 0 Å². The van der Waals surface area contributed by atoms with Crippen molar-refractivity contribution in [2.45, 2.75) is 26.8 Å². The first-order valence-electron chi connectivity index (χ1n) is 6.89. The Balaban J connectivity index is 2.58. The fraction of sp³-hybridized carbons (Fsp3) is 0.294. The Morgan fingerprint density at radius 2 is 1.71 bits per heavy atom. The second-order valence-electron chi connectivity index (χ2n) is 5.11. The first-order chi connectivity index (χ1) is 9.93. The largest absolute Gasteiger partial charge is 0.306 e. The average molecular weight is 415 g/mol. The number of rotatable bonds is 4. The molecule has 1 atom stereocenters. The molecule has 0 aliphatic carbocycles. The lowest BCUT2D eigenvalue weighted by molar-refractivity contribution is 0.599. The Morgan fingerprint density at radius 1 is 1.00 bits per heavy atom. The summed E-state index contributed by atoms with van der Waals surface area (Å²) < 4.78 is 15.7.